The van der Waals surface area contributed by atoms with Crippen LogP contribution in [0, 0.1) is 36.0 Å². The van der Waals surface area contributed by atoms with Crippen LogP contribution in [0.4, 0.5) is 22.0 Å². The van der Waals surface area contributed by atoms with Crippen molar-refractivity contribution < 1.29 is 22.0 Å². The van der Waals surface area contributed by atoms with E-state index in [0.29, 0.717) is 22.2 Å². The van der Waals surface area contributed by atoms with E-state index >= 15 is 0 Å². The smallest absolute Gasteiger partial charge is 0.200 e. The van der Waals surface area contributed by atoms with Crippen LogP contribution in [0.5, 0.6) is 0 Å². The van der Waals surface area contributed by atoms with Gasteiger partial charge in [-0.3, -0.25) is 0 Å². The quantitative estimate of drug-likeness (QED) is 0.433. The van der Waals surface area contributed by atoms with E-state index in [4.69, 9.17) is 0 Å². The SMILES string of the molecule is Cc1ccccc1Sc1c(F)c(F)c(F)c(F)c1F. The van der Waals surface area contributed by atoms with Crippen molar-refractivity contribution >= 4 is 11.8 Å². The summed E-state index contributed by atoms with van der Waals surface area (Å²) in [5.41, 5.74) is 0.677. The summed E-state index contributed by atoms with van der Waals surface area (Å²) >= 11 is 0.508. The van der Waals surface area contributed by atoms with Crippen molar-refractivity contribution in [3.05, 3.63) is 58.9 Å². The highest BCUT2D eigenvalue weighted by atomic mass is 32.2. The Morgan fingerprint density at radius 3 is 1.74 bits per heavy atom. The first-order valence-electron chi connectivity index (χ1n) is 5.18. The molecule has 0 saturated heterocycles. The molecule has 0 saturated carbocycles. The number of rotatable bonds is 2. The van der Waals surface area contributed by atoms with Gasteiger partial charge in [0.05, 0.1) is 4.90 Å². The molecule has 2 rings (SSSR count). The van der Waals surface area contributed by atoms with E-state index < -0.39 is 34.0 Å². The Hall–Kier alpha value is -1.56. The standard InChI is InChI=1S/C13H7F5S/c1-6-4-2-3-5-7(6)19-13-11(17)9(15)8(14)10(16)12(13)18/h2-5H,1H3. The Labute approximate surface area is 110 Å². The first-order chi connectivity index (χ1) is 8.93. The maximum atomic E-state index is 13.5. The molecule has 6 heteroatoms. The number of hydrogen-bond donors (Lipinski definition) is 0. The second-order valence-electron chi connectivity index (χ2n) is 3.77. The average molecular weight is 290 g/mol. The summed E-state index contributed by atoms with van der Waals surface area (Å²) in [6.45, 7) is 1.67. The van der Waals surface area contributed by atoms with Crippen molar-refractivity contribution in [1.29, 1.82) is 0 Å². The topological polar surface area (TPSA) is 0 Å². The summed E-state index contributed by atoms with van der Waals surface area (Å²) in [5.74, 6) is -9.65. The van der Waals surface area contributed by atoms with Crippen molar-refractivity contribution in [3.8, 4) is 0 Å². The van der Waals surface area contributed by atoms with Crippen LogP contribution in [0.15, 0.2) is 34.1 Å². The summed E-state index contributed by atoms with van der Waals surface area (Å²) in [6.07, 6.45) is 0. The Balaban J connectivity index is 2.56. The van der Waals surface area contributed by atoms with Gasteiger partial charge in [0.2, 0.25) is 5.82 Å². The number of aryl methyl sites for hydroxylation is 1. The van der Waals surface area contributed by atoms with Gasteiger partial charge < -0.3 is 0 Å². The van der Waals surface area contributed by atoms with Crippen molar-refractivity contribution in [2.75, 3.05) is 0 Å². The molecule has 0 radical (unpaired) electrons. The summed E-state index contributed by atoms with van der Waals surface area (Å²) < 4.78 is 65.9. The molecule has 0 bridgehead atoms. The molecule has 2 aromatic carbocycles. The van der Waals surface area contributed by atoms with Crippen LogP contribution in [0.25, 0.3) is 0 Å². The molecule has 0 unspecified atom stereocenters. The fraction of sp³-hybridized carbons (Fsp3) is 0.0769. The lowest BCUT2D eigenvalue weighted by atomic mass is 10.2. The van der Waals surface area contributed by atoms with E-state index in [0.717, 1.165) is 0 Å². The molecular formula is C13H7F5S. The minimum absolute atomic E-state index is 0.422. The van der Waals surface area contributed by atoms with Gasteiger partial charge in [-0.15, -0.1) is 0 Å². The van der Waals surface area contributed by atoms with E-state index in [-0.39, 0.29) is 0 Å². The molecule has 0 aromatic heterocycles. The van der Waals surface area contributed by atoms with Crippen LogP contribution in [-0.2, 0) is 0 Å². The van der Waals surface area contributed by atoms with Gasteiger partial charge in [0.15, 0.2) is 23.3 Å². The van der Waals surface area contributed by atoms with Gasteiger partial charge in [-0.05, 0) is 18.6 Å². The Kier molecular flexibility index (Phi) is 3.80. The average Bonchev–Trinajstić information content (AvgIpc) is 2.41. The van der Waals surface area contributed by atoms with Crippen LogP contribution < -0.4 is 0 Å². The molecule has 2 aromatic rings. The van der Waals surface area contributed by atoms with Gasteiger partial charge in [-0.2, -0.15) is 0 Å². The van der Waals surface area contributed by atoms with Gasteiger partial charge in [0.25, 0.3) is 0 Å². The Morgan fingerprint density at radius 1 is 0.737 bits per heavy atom. The summed E-state index contributed by atoms with van der Waals surface area (Å²) in [6, 6.07) is 6.53. The highest BCUT2D eigenvalue weighted by Gasteiger charge is 2.26. The van der Waals surface area contributed by atoms with Crippen LogP contribution in [0.2, 0.25) is 0 Å². The van der Waals surface area contributed by atoms with E-state index in [2.05, 4.69) is 0 Å². The third kappa shape index (κ3) is 2.45. The predicted molar refractivity (Wildman–Crippen MR) is 61.5 cm³/mol. The molecule has 0 aliphatic heterocycles. The van der Waals surface area contributed by atoms with Crippen LogP contribution in [-0.4, -0.2) is 0 Å². The predicted octanol–water partition coefficient (Wildman–Crippen LogP) is 4.84. The lowest BCUT2D eigenvalue weighted by Crippen LogP contribution is -2.03. The maximum Gasteiger partial charge on any atom is 0.200 e. The molecule has 19 heavy (non-hydrogen) atoms. The molecule has 0 fully saturated rings. The van der Waals surface area contributed by atoms with Crippen LogP contribution in [0.3, 0.4) is 0 Å². The monoisotopic (exact) mass is 290 g/mol. The molecule has 0 amide bonds. The highest BCUT2D eigenvalue weighted by Crippen LogP contribution is 2.36. The second-order valence-corrected chi connectivity index (χ2v) is 4.82. The van der Waals surface area contributed by atoms with Crippen molar-refractivity contribution in [2.45, 2.75) is 16.7 Å². The highest BCUT2D eigenvalue weighted by molar-refractivity contribution is 7.99. The van der Waals surface area contributed by atoms with Gasteiger partial charge in [-0.25, -0.2) is 22.0 Å². The third-order valence-corrected chi connectivity index (χ3v) is 3.72. The molecule has 0 heterocycles. The van der Waals surface area contributed by atoms with Gasteiger partial charge in [0, 0.05) is 4.90 Å². The first kappa shape index (κ1) is 13.9. The molecule has 0 nitrogen and oxygen atoms in total. The van der Waals surface area contributed by atoms with Crippen molar-refractivity contribution in [3.63, 3.8) is 0 Å². The zero-order valence-electron chi connectivity index (χ0n) is 9.61. The first-order valence-corrected chi connectivity index (χ1v) is 6.00. The minimum Gasteiger partial charge on any atom is -0.202 e. The number of benzene rings is 2. The summed E-state index contributed by atoms with van der Waals surface area (Å²) in [5, 5.41) is 0. The van der Waals surface area contributed by atoms with Crippen LogP contribution >= 0.6 is 11.8 Å². The zero-order valence-corrected chi connectivity index (χ0v) is 10.4. The van der Waals surface area contributed by atoms with E-state index in [1.807, 2.05) is 0 Å². The van der Waals surface area contributed by atoms with Crippen molar-refractivity contribution in [1.82, 2.24) is 0 Å². The summed E-state index contributed by atoms with van der Waals surface area (Å²) in [4.78, 5) is -0.476. The summed E-state index contributed by atoms with van der Waals surface area (Å²) in [7, 11) is 0. The molecule has 0 aliphatic carbocycles. The maximum absolute atomic E-state index is 13.5. The minimum atomic E-state index is -2.15. The molecular weight excluding hydrogens is 283 g/mol. The van der Waals surface area contributed by atoms with Crippen molar-refractivity contribution in [2.24, 2.45) is 0 Å². The number of hydrogen-bond acceptors (Lipinski definition) is 1. The molecule has 0 atom stereocenters. The third-order valence-electron chi connectivity index (χ3n) is 2.48. The zero-order chi connectivity index (χ0) is 14.2. The largest absolute Gasteiger partial charge is 0.202 e. The van der Waals surface area contributed by atoms with Gasteiger partial charge in [0.1, 0.15) is 0 Å². The Morgan fingerprint density at radius 2 is 1.21 bits per heavy atom. The second kappa shape index (κ2) is 5.21. The van der Waals surface area contributed by atoms with Gasteiger partial charge >= 0.3 is 0 Å². The molecule has 0 spiro atoms. The fourth-order valence-electron chi connectivity index (χ4n) is 1.46. The van der Waals surface area contributed by atoms with E-state index in [9.17, 15) is 22.0 Å². The molecule has 0 aliphatic rings. The lowest BCUT2D eigenvalue weighted by molar-refractivity contribution is 0.361. The normalized spacial score (nSPS) is 10.8. The molecule has 0 N–H and O–H groups in total. The molecule has 100 valence electrons. The van der Waals surface area contributed by atoms with E-state index in [1.165, 1.54) is 6.07 Å². The van der Waals surface area contributed by atoms with Crippen LogP contribution in [0.1, 0.15) is 5.56 Å². The lowest BCUT2D eigenvalue weighted by Gasteiger charge is -2.09. The number of halogens is 5. The van der Waals surface area contributed by atoms with E-state index in [1.54, 1.807) is 25.1 Å². The Bertz CT molecular complexity index is 610. The fourth-order valence-corrected chi connectivity index (χ4v) is 2.41. The van der Waals surface area contributed by atoms with Gasteiger partial charge in [-0.1, -0.05) is 30.0 Å².